The number of imidazole rings is 1. The Morgan fingerprint density at radius 2 is 1.87 bits per heavy atom. The monoisotopic (exact) mass is 673 g/mol. The highest BCUT2D eigenvalue weighted by Crippen LogP contribution is 2.47. The number of hydrogen-bond donors (Lipinski definition) is 2. The Morgan fingerprint density at radius 3 is 2.62 bits per heavy atom. The number of aromatic nitrogens is 3. The van der Waals surface area contributed by atoms with Crippen LogP contribution in [0.2, 0.25) is 0 Å². The molecule has 1 unspecified atom stereocenters. The highest BCUT2D eigenvalue weighted by Gasteiger charge is 2.44. The summed E-state index contributed by atoms with van der Waals surface area (Å²) in [6, 6.07) is 8.70. The number of nitrogens with one attached hydrogen (secondary N) is 2. The fraction of sp³-hybridized carbons (Fsp3) is 0.588. The highest BCUT2D eigenvalue weighted by atomic mass is 32.2. The zero-order chi connectivity index (χ0) is 33.1. The van der Waals surface area contributed by atoms with Crippen LogP contribution in [0, 0.1) is 11.2 Å². The zero-order valence-corrected chi connectivity index (χ0v) is 28.4. The summed E-state index contributed by atoms with van der Waals surface area (Å²) in [5.74, 6) is -0.489. The van der Waals surface area contributed by atoms with Crippen molar-refractivity contribution in [2.24, 2.45) is 5.41 Å². The number of amides is 2. The van der Waals surface area contributed by atoms with Gasteiger partial charge < -0.3 is 19.9 Å². The molecule has 0 aliphatic carbocycles. The first-order chi connectivity index (χ1) is 22.6. The van der Waals surface area contributed by atoms with Gasteiger partial charge in [-0.1, -0.05) is 32.9 Å². The van der Waals surface area contributed by atoms with Crippen molar-refractivity contribution in [2.75, 3.05) is 64.3 Å². The molecular weight excluding hydrogens is 621 g/mol. The molecule has 3 saturated heterocycles. The summed E-state index contributed by atoms with van der Waals surface area (Å²) in [4.78, 5) is 53.3. The van der Waals surface area contributed by atoms with Gasteiger partial charge in [0.1, 0.15) is 11.2 Å². The number of H-pyrrole nitrogens is 1. The summed E-state index contributed by atoms with van der Waals surface area (Å²) in [5, 5.41) is 2.37. The van der Waals surface area contributed by atoms with Crippen LogP contribution in [0.15, 0.2) is 41.3 Å². The van der Waals surface area contributed by atoms with Gasteiger partial charge in [-0.05, 0) is 42.9 Å². The van der Waals surface area contributed by atoms with E-state index in [0.717, 1.165) is 37.1 Å². The first-order valence-corrected chi connectivity index (χ1v) is 17.6. The zero-order valence-electron chi connectivity index (χ0n) is 27.5. The van der Waals surface area contributed by atoms with Gasteiger partial charge in [0.05, 0.1) is 29.7 Å². The maximum Gasteiger partial charge on any atom is 0.327 e. The van der Waals surface area contributed by atoms with E-state index in [-0.39, 0.29) is 45.5 Å². The number of thioether (sulfide) groups is 1. The topological polar surface area (TPSA) is 116 Å². The fourth-order valence-electron chi connectivity index (χ4n) is 6.73. The Balaban J connectivity index is 0.00000225. The fourth-order valence-corrected chi connectivity index (χ4v) is 8.23. The van der Waals surface area contributed by atoms with Crippen LogP contribution in [0.5, 0.6) is 0 Å². The third-order valence-electron chi connectivity index (χ3n) is 9.42. The Morgan fingerprint density at radius 1 is 1.11 bits per heavy atom. The molecule has 2 amide bonds. The molecule has 2 N–H and O–H groups in total. The normalized spacial score (nSPS) is 21.6. The van der Waals surface area contributed by atoms with Gasteiger partial charge in [-0.25, -0.2) is 14.2 Å². The van der Waals surface area contributed by atoms with Gasteiger partial charge in [0.15, 0.2) is 5.65 Å². The molecule has 0 spiro atoms. The lowest BCUT2D eigenvalue weighted by Gasteiger charge is -2.33. The molecule has 2 atom stereocenters. The third kappa shape index (κ3) is 7.68. The average Bonchev–Trinajstić information content (AvgIpc) is 3.55. The molecule has 13 heteroatoms. The van der Waals surface area contributed by atoms with Gasteiger partial charge in [-0.15, -0.1) is 11.8 Å². The first-order valence-electron chi connectivity index (χ1n) is 16.7. The Labute approximate surface area is 283 Å². The van der Waals surface area contributed by atoms with Crippen molar-refractivity contribution in [3.05, 3.63) is 58.4 Å². The lowest BCUT2D eigenvalue weighted by Crippen LogP contribution is -2.42. The van der Waals surface area contributed by atoms with Crippen molar-refractivity contribution >= 4 is 40.4 Å². The van der Waals surface area contributed by atoms with Crippen LogP contribution in [0.3, 0.4) is 0 Å². The maximum atomic E-state index is 15.4. The van der Waals surface area contributed by atoms with Gasteiger partial charge in [-0.3, -0.25) is 24.0 Å². The van der Waals surface area contributed by atoms with E-state index in [9.17, 15) is 14.4 Å². The number of para-hydroxylation sites is 1. The van der Waals surface area contributed by atoms with Crippen LogP contribution in [-0.4, -0.2) is 105 Å². The Kier molecular flexibility index (Phi) is 10.2. The molecule has 0 radical (unpaired) electrons. The third-order valence-corrected chi connectivity index (χ3v) is 10.9. The molecule has 0 saturated carbocycles. The Bertz CT molecular complexity index is 1640. The standard InChI is InChI=1S/C34H46FN7O4S.3H2/c1-34(2,3)11-16-41-31(44)27(47-32(41)24-6-4-7-25(35)29(24)36-13-17-39-18-20-46-21-19-39)22-28(43)40-14-9-23(10-15-40)42-26-8-5-12-37-30(26)38-33(42)45;;;/h4-8,12,23,27,32,36H,9-11,13-22H2,1-3H3,(H,37,38,45);3*1H/t27-,32?;;;/m1.../s1. The van der Waals surface area contributed by atoms with Gasteiger partial charge >= 0.3 is 5.69 Å². The number of carbonyl (C=O) groups is 2. The predicted octanol–water partition coefficient (Wildman–Crippen LogP) is 4.98. The molecule has 11 nitrogen and oxygen atoms in total. The quantitative estimate of drug-likeness (QED) is 0.310. The van der Waals surface area contributed by atoms with Gasteiger partial charge in [0, 0.05) is 74.3 Å². The number of pyridine rings is 1. The molecule has 6 rings (SSSR count). The molecule has 3 fully saturated rings. The summed E-state index contributed by atoms with van der Waals surface area (Å²) < 4.78 is 22.6. The van der Waals surface area contributed by atoms with E-state index in [1.54, 1.807) is 16.8 Å². The van der Waals surface area contributed by atoms with Crippen LogP contribution in [-0.2, 0) is 14.3 Å². The maximum absolute atomic E-state index is 15.4. The van der Waals surface area contributed by atoms with E-state index >= 15 is 4.39 Å². The van der Waals surface area contributed by atoms with Crippen molar-refractivity contribution in [1.29, 1.82) is 0 Å². The smallest absolute Gasteiger partial charge is 0.327 e. The summed E-state index contributed by atoms with van der Waals surface area (Å²) in [7, 11) is 0. The first kappa shape index (κ1) is 33.5. The summed E-state index contributed by atoms with van der Waals surface area (Å²) in [6.07, 6.45) is 3.80. The number of likely N-dealkylation sites (tertiary alicyclic amines) is 1. The summed E-state index contributed by atoms with van der Waals surface area (Å²) in [5.41, 5.74) is 2.29. The predicted molar refractivity (Wildman–Crippen MR) is 188 cm³/mol. The largest absolute Gasteiger partial charge is 0.381 e. The molecule has 0 bridgehead atoms. The van der Waals surface area contributed by atoms with Crippen molar-refractivity contribution < 1.29 is 23.0 Å². The van der Waals surface area contributed by atoms with Crippen LogP contribution in [0.25, 0.3) is 11.2 Å². The number of morpholine rings is 1. The molecule has 3 aliphatic heterocycles. The van der Waals surface area contributed by atoms with E-state index < -0.39 is 10.6 Å². The number of nitrogens with zero attached hydrogens (tertiary/aromatic N) is 5. The van der Waals surface area contributed by atoms with Gasteiger partial charge in [0.25, 0.3) is 0 Å². The van der Waals surface area contributed by atoms with E-state index in [4.69, 9.17) is 4.74 Å². The number of ether oxygens (including phenoxy) is 1. The second kappa shape index (κ2) is 14.4. The number of halogens is 1. The molecule has 3 aliphatic rings. The number of fused-ring (bicyclic) bond motifs is 1. The number of hydrogen-bond acceptors (Lipinski definition) is 8. The average molecular weight is 674 g/mol. The molecule has 1 aromatic carbocycles. The van der Waals surface area contributed by atoms with Crippen LogP contribution >= 0.6 is 11.8 Å². The minimum Gasteiger partial charge on any atom is -0.381 e. The SMILES string of the molecule is CC(C)(C)CCN1C(=O)[C@@H](CC(=O)N2CCC(n3c(=O)[nH]c4ncccc43)CC2)SC1c1cccc(F)c1NCCN1CCOCC1.[HH].[HH].[HH]. The lowest BCUT2D eigenvalue weighted by atomic mass is 9.92. The van der Waals surface area contributed by atoms with Crippen LogP contribution in [0.4, 0.5) is 10.1 Å². The number of anilines is 1. The highest BCUT2D eigenvalue weighted by molar-refractivity contribution is 8.01. The van der Waals surface area contributed by atoms with E-state index in [0.29, 0.717) is 63.6 Å². The molecule has 47 heavy (non-hydrogen) atoms. The molecule has 2 aromatic heterocycles. The number of rotatable bonds is 10. The number of piperidine rings is 1. The number of aromatic amines is 1. The van der Waals surface area contributed by atoms with Gasteiger partial charge in [-0.2, -0.15) is 0 Å². The van der Waals surface area contributed by atoms with E-state index in [1.807, 2.05) is 28.0 Å². The van der Waals surface area contributed by atoms with Crippen molar-refractivity contribution in [1.82, 2.24) is 29.2 Å². The minimum absolute atomic E-state index is 0. The minimum atomic E-state index is -0.558. The van der Waals surface area contributed by atoms with E-state index in [1.165, 1.54) is 17.8 Å². The van der Waals surface area contributed by atoms with Crippen LogP contribution in [0.1, 0.15) is 67.7 Å². The van der Waals surface area contributed by atoms with Crippen molar-refractivity contribution in [3.63, 3.8) is 0 Å². The second-order valence-electron chi connectivity index (χ2n) is 13.9. The van der Waals surface area contributed by atoms with E-state index in [2.05, 4.69) is 41.0 Å². The molecular formula is C34H52FN7O4S. The Hall–Kier alpha value is -3.42. The van der Waals surface area contributed by atoms with Gasteiger partial charge in [0.2, 0.25) is 11.8 Å². The summed E-state index contributed by atoms with van der Waals surface area (Å²) in [6.45, 7) is 12.4. The molecule has 260 valence electrons. The molecule has 3 aromatic rings. The second-order valence-corrected chi connectivity index (χ2v) is 15.2. The van der Waals surface area contributed by atoms with Crippen molar-refractivity contribution in [2.45, 2.75) is 63.1 Å². The van der Waals surface area contributed by atoms with Crippen molar-refractivity contribution in [3.8, 4) is 0 Å². The summed E-state index contributed by atoms with van der Waals surface area (Å²) >= 11 is 1.45. The van der Waals surface area contributed by atoms with Crippen LogP contribution < -0.4 is 11.0 Å². The number of carbonyl (C=O) groups excluding carboxylic acids is 2. The number of benzene rings is 1. The lowest BCUT2D eigenvalue weighted by molar-refractivity contribution is -0.136. The molecule has 5 heterocycles.